The molecule has 0 aliphatic heterocycles. The number of aliphatic hydroxyl groups is 2. The number of carbonyl (C=O) groups is 4. The monoisotopic (exact) mass is 1620 g/mol. The first-order chi connectivity index (χ1) is 56.8. The molecule has 16 nitrogen and oxygen atoms in total. The number of carbonyl (C=O) groups excluding carboxylic acids is 4. The summed E-state index contributed by atoms with van der Waals surface area (Å²) in [5.74, 6) is -1.02. The number of benzene rings is 2. The molecule has 16 heteroatoms. The first-order valence-corrected chi connectivity index (χ1v) is 48.8. The Morgan fingerprint density at radius 2 is 0.534 bits per heavy atom. The van der Waals surface area contributed by atoms with E-state index in [2.05, 4.69) is 72.6 Å². The van der Waals surface area contributed by atoms with Crippen LogP contribution in [0.2, 0.25) is 0 Å². The first kappa shape index (κ1) is 107. The average Bonchev–Trinajstić information content (AvgIpc) is 0.860. The van der Waals surface area contributed by atoms with E-state index < -0.39 is 23.8 Å². The van der Waals surface area contributed by atoms with Crippen LogP contribution in [0, 0.1) is 11.8 Å². The summed E-state index contributed by atoms with van der Waals surface area (Å²) < 4.78 is 24.4. The average molecular weight is 1620 g/mol. The van der Waals surface area contributed by atoms with E-state index in [1.807, 2.05) is 0 Å². The minimum atomic E-state index is -0.530. The van der Waals surface area contributed by atoms with Crippen LogP contribution in [0.4, 0.5) is 11.4 Å². The summed E-state index contributed by atoms with van der Waals surface area (Å²) in [6.07, 6.45) is 76.2. The molecule has 2 rings (SSSR count). The molecule has 666 valence electrons. The van der Waals surface area contributed by atoms with Crippen LogP contribution >= 0.6 is 0 Å². The zero-order chi connectivity index (χ0) is 84.0. The number of nitrogens with one attached hydrogen (secondary N) is 2. The van der Waals surface area contributed by atoms with E-state index in [-0.39, 0.29) is 57.6 Å². The minimum absolute atomic E-state index is 0.199. The van der Waals surface area contributed by atoms with Crippen LogP contribution in [-0.4, -0.2) is 85.7 Å². The molecule has 0 saturated carbocycles. The van der Waals surface area contributed by atoms with E-state index in [0.29, 0.717) is 52.4 Å². The zero-order valence-corrected chi connectivity index (χ0v) is 76.0. The standard InChI is InChI=1S/C100H176N6O10/c1-9-15-21-27-33-41-51-67-87(69-53-43-37-39-49-63-81-115-99(111)91-75-59-61-77-93(91)103-105-95(85(7)107)97(109)101-79-65-83-113-89(71-55-45-31-25-19-13-5)73-57-47-35-29-23-17-11-3)88(68-52-42-34-28-22-16-10-2)70-54-44-38-40-50-64-82-116-100(112)92-76-60-62-78-94(92)104-106-96(86(8)108)98(110)102-80-66-84-114-90(72-56-46-32-26-20-14-6)74-58-48-36-30-24-18-12-4/h59-62,75-78,87-90,107-108H,9-58,63-74,79-84H2,1-8H3,(H,101,109)(H,102,110)/b95-85+,96-86+,105-103?,106-104?. The van der Waals surface area contributed by atoms with Crippen molar-refractivity contribution in [2.45, 2.75) is 466 Å². The third kappa shape index (κ3) is 58.4. The predicted molar refractivity (Wildman–Crippen MR) is 486 cm³/mol. The summed E-state index contributed by atoms with van der Waals surface area (Å²) in [7, 11) is 0. The highest BCUT2D eigenvalue weighted by molar-refractivity contribution is 5.96. The lowest BCUT2D eigenvalue weighted by molar-refractivity contribution is -0.118. The van der Waals surface area contributed by atoms with Gasteiger partial charge >= 0.3 is 11.9 Å². The molecule has 2 amide bonds. The summed E-state index contributed by atoms with van der Waals surface area (Å²) in [6, 6.07) is 13.7. The molecule has 0 bridgehead atoms. The van der Waals surface area contributed by atoms with Crippen LogP contribution in [0.1, 0.15) is 474 Å². The first-order valence-electron chi connectivity index (χ1n) is 48.8. The number of esters is 2. The molecule has 0 saturated heterocycles. The van der Waals surface area contributed by atoms with Crippen molar-refractivity contribution >= 4 is 35.1 Å². The van der Waals surface area contributed by atoms with Gasteiger partial charge in [0.15, 0.2) is 11.4 Å². The number of allylic oxidation sites excluding steroid dienone is 2. The Labute approximate surface area is 710 Å². The smallest absolute Gasteiger partial charge is 0.340 e. The number of ether oxygens (including phenoxy) is 4. The molecule has 4 unspecified atom stereocenters. The van der Waals surface area contributed by atoms with Crippen LogP contribution in [0.25, 0.3) is 0 Å². The van der Waals surface area contributed by atoms with Gasteiger partial charge in [0.2, 0.25) is 0 Å². The summed E-state index contributed by atoms with van der Waals surface area (Å²) in [5.41, 5.74) is 0.666. The predicted octanol–water partition coefficient (Wildman–Crippen LogP) is 31.0. The highest BCUT2D eigenvalue weighted by Gasteiger charge is 2.23. The molecule has 0 aliphatic rings. The Bertz CT molecular complexity index is 2610. The number of rotatable bonds is 83. The van der Waals surface area contributed by atoms with Gasteiger partial charge in [-0.15, -0.1) is 20.5 Å². The fraction of sp³-hybridized carbons (Fsp3) is 0.800. The molecule has 2 aromatic rings. The number of unbranched alkanes of at least 4 members (excludes halogenated alkanes) is 44. The Balaban J connectivity index is 1.92. The molecule has 0 aliphatic carbocycles. The maximum absolute atomic E-state index is 13.5. The van der Waals surface area contributed by atoms with Gasteiger partial charge in [0, 0.05) is 26.3 Å². The highest BCUT2D eigenvalue weighted by atomic mass is 16.5. The molecular weight excluding hydrogens is 1450 g/mol. The lowest BCUT2D eigenvalue weighted by Crippen LogP contribution is -2.27. The van der Waals surface area contributed by atoms with Crippen molar-refractivity contribution in [1.29, 1.82) is 0 Å². The van der Waals surface area contributed by atoms with Crippen molar-refractivity contribution in [3.05, 3.63) is 82.6 Å². The molecular formula is C100H176N6O10. The van der Waals surface area contributed by atoms with Gasteiger partial charge in [0.25, 0.3) is 11.8 Å². The number of amides is 2. The number of hydrogen-bond acceptors (Lipinski definition) is 14. The normalized spacial score (nSPS) is 13.3. The second kappa shape index (κ2) is 78.1. The molecule has 116 heavy (non-hydrogen) atoms. The fourth-order valence-corrected chi connectivity index (χ4v) is 15.9. The molecule has 0 fully saturated rings. The van der Waals surface area contributed by atoms with E-state index >= 15 is 0 Å². The molecule has 2 aromatic carbocycles. The van der Waals surface area contributed by atoms with Crippen molar-refractivity contribution in [3.8, 4) is 0 Å². The largest absolute Gasteiger partial charge is 0.510 e. The Morgan fingerprint density at radius 3 is 0.793 bits per heavy atom. The third-order valence-electron chi connectivity index (χ3n) is 23.2. The van der Waals surface area contributed by atoms with Gasteiger partial charge in [0.1, 0.15) is 22.9 Å². The lowest BCUT2D eigenvalue weighted by Gasteiger charge is -2.28. The van der Waals surface area contributed by atoms with E-state index in [9.17, 15) is 29.4 Å². The lowest BCUT2D eigenvalue weighted by atomic mass is 9.78. The zero-order valence-electron chi connectivity index (χ0n) is 76.0. The molecule has 4 atom stereocenters. The van der Waals surface area contributed by atoms with Crippen LogP contribution in [0.15, 0.2) is 91.9 Å². The van der Waals surface area contributed by atoms with Crippen molar-refractivity contribution in [2.24, 2.45) is 32.3 Å². The van der Waals surface area contributed by atoms with Gasteiger partial charge in [-0.25, -0.2) is 9.59 Å². The topological polar surface area (TPSA) is 219 Å². The summed E-state index contributed by atoms with van der Waals surface area (Å²) in [5, 5.41) is 43.8. The van der Waals surface area contributed by atoms with Gasteiger partial charge in [-0.2, -0.15) is 0 Å². The van der Waals surface area contributed by atoms with Gasteiger partial charge in [-0.05, 0) is 101 Å². The van der Waals surface area contributed by atoms with Gasteiger partial charge in [0.05, 0.1) is 36.5 Å². The maximum atomic E-state index is 13.5. The highest BCUT2D eigenvalue weighted by Crippen LogP contribution is 2.35. The molecule has 0 spiro atoms. The van der Waals surface area contributed by atoms with Crippen LogP contribution in [0.3, 0.4) is 0 Å². The Hall–Kier alpha value is -5.48. The number of nitrogens with zero attached hydrogens (tertiary/aromatic N) is 4. The van der Waals surface area contributed by atoms with Crippen molar-refractivity contribution in [1.82, 2.24) is 10.6 Å². The molecule has 0 aromatic heterocycles. The van der Waals surface area contributed by atoms with E-state index in [0.717, 1.165) is 76.0 Å². The number of hydrogen-bond donors (Lipinski definition) is 4. The van der Waals surface area contributed by atoms with Crippen LogP contribution in [0.5, 0.6) is 0 Å². The van der Waals surface area contributed by atoms with E-state index in [4.69, 9.17) is 18.9 Å². The fourth-order valence-electron chi connectivity index (χ4n) is 15.9. The second-order valence-electron chi connectivity index (χ2n) is 33.9. The third-order valence-corrected chi connectivity index (χ3v) is 23.2. The Morgan fingerprint density at radius 1 is 0.302 bits per heavy atom. The van der Waals surface area contributed by atoms with Crippen molar-refractivity contribution in [3.63, 3.8) is 0 Å². The molecule has 4 N–H and O–H groups in total. The van der Waals surface area contributed by atoms with Crippen molar-refractivity contribution in [2.75, 3.05) is 39.5 Å². The van der Waals surface area contributed by atoms with Crippen LogP contribution in [-0.2, 0) is 28.5 Å². The SMILES string of the molecule is CCCCCCCCCC(CCCCCCCC)OCCCNC(=O)/C(N=Nc1ccccc1C(=O)OCCCCCCCCC(CCCCCCCCC)C(CCCCCCCCC)CCCCCCCCOC(=O)c1ccccc1N=N/C(C(=O)NCCCOC(CCCCCCCC)CCCCCCCCC)=C(\C)O)=C(/C)O. The molecule has 0 radical (unpaired) electrons. The number of aliphatic hydroxyl groups excluding tert-OH is 2. The van der Waals surface area contributed by atoms with E-state index in [1.54, 1.807) is 48.5 Å². The minimum Gasteiger partial charge on any atom is -0.510 e. The molecule has 0 heterocycles. The van der Waals surface area contributed by atoms with Crippen LogP contribution < -0.4 is 10.6 Å². The summed E-state index contributed by atoms with van der Waals surface area (Å²) in [4.78, 5) is 53.6. The van der Waals surface area contributed by atoms with E-state index in [1.165, 1.54) is 335 Å². The number of azo groups is 2. The second-order valence-corrected chi connectivity index (χ2v) is 33.9. The van der Waals surface area contributed by atoms with Gasteiger partial charge < -0.3 is 39.8 Å². The quantitative estimate of drug-likeness (QED) is 0.0161. The summed E-state index contributed by atoms with van der Waals surface area (Å²) >= 11 is 0. The van der Waals surface area contributed by atoms with Gasteiger partial charge in [-0.1, -0.05) is 413 Å². The Kier molecular flexibility index (Phi) is 71.8. The van der Waals surface area contributed by atoms with Crippen molar-refractivity contribution < 1.29 is 48.3 Å². The maximum Gasteiger partial charge on any atom is 0.340 e. The summed E-state index contributed by atoms with van der Waals surface area (Å²) in [6.45, 7) is 18.9. The van der Waals surface area contributed by atoms with Gasteiger partial charge in [-0.3, -0.25) is 9.59 Å².